The number of benzene rings is 1. The molecule has 0 saturated carbocycles. The molecule has 0 radical (unpaired) electrons. The fourth-order valence-corrected chi connectivity index (χ4v) is 2.89. The fraction of sp³-hybridized carbons (Fsp3) is 0.188. The molecule has 0 saturated heterocycles. The first-order chi connectivity index (χ1) is 10.7. The van der Waals surface area contributed by atoms with Crippen molar-refractivity contribution < 1.29 is 0 Å². The summed E-state index contributed by atoms with van der Waals surface area (Å²) in [6, 6.07) is 11.6. The Bertz CT molecular complexity index is 828. The Kier molecular flexibility index (Phi) is 3.08. The summed E-state index contributed by atoms with van der Waals surface area (Å²) in [4.78, 5) is 4.41. The van der Waals surface area contributed by atoms with Crippen LogP contribution in [0.4, 0.5) is 5.69 Å². The van der Waals surface area contributed by atoms with E-state index in [1.807, 2.05) is 36.4 Å². The summed E-state index contributed by atoms with van der Waals surface area (Å²) in [5.41, 5.74) is 2.78. The van der Waals surface area contributed by atoms with Gasteiger partial charge in [-0.15, -0.1) is 10.2 Å². The molecule has 0 fully saturated rings. The second kappa shape index (κ2) is 5.10. The van der Waals surface area contributed by atoms with Crippen LogP contribution in [0, 0.1) is 0 Å². The number of aromatic nitrogens is 4. The van der Waals surface area contributed by atoms with Gasteiger partial charge in [-0.05, 0) is 30.3 Å². The van der Waals surface area contributed by atoms with Gasteiger partial charge in [0.15, 0.2) is 5.82 Å². The van der Waals surface area contributed by atoms with Gasteiger partial charge < -0.3 is 5.32 Å². The Morgan fingerprint density at radius 3 is 2.95 bits per heavy atom. The van der Waals surface area contributed by atoms with Crippen LogP contribution in [0.5, 0.6) is 0 Å². The molecule has 0 bridgehead atoms. The lowest BCUT2D eigenvalue weighted by Crippen LogP contribution is -2.09. The van der Waals surface area contributed by atoms with E-state index >= 15 is 0 Å². The average molecular weight is 312 g/mol. The molecule has 1 N–H and O–H groups in total. The highest BCUT2D eigenvalue weighted by Gasteiger charge is 2.25. The van der Waals surface area contributed by atoms with Crippen LogP contribution >= 0.6 is 11.6 Å². The van der Waals surface area contributed by atoms with Gasteiger partial charge in [0, 0.05) is 23.7 Å². The molecule has 0 aliphatic carbocycles. The first-order valence-corrected chi connectivity index (χ1v) is 7.52. The predicted octanol–water partition coefficient (Wildman–Crippen LogP) is 3.51. The summed E-state index contributed by atoms with van der Waals surface area (Å²) < 4.78 is 2.07. The third kappa shape index (κ3) is 2.05. The number of fused-ring (bicyclic) bond motifs is 3. The smallest absolute Gasteiger partial charge is 0.187 e. The number of nitrogens with zero attached hydrogens (tertiary/aromatic N) is 4. The number of anilines is 1. The minimum absolute atomic E-state index is 0.233. The molecule has 1 aromatic carbocycles. The predicted molar refractivity (Wildman–Crippen MR) is 86.5 cm³/mol. The van der Waals surface area contributed by atoms with Crippen LogP contribution in [0.1, 0.15) is 18.7 Å². The number of halogens is 1. The Hall–Kier alpha value is -2.40. The van der Waals surface area contributed by atoms with Gasteiger partial charge in [0.1, 0.15) is 11.5 Å². The van der Waals surface area contributed by atoms with Gasteiger partial charge in [-0.25, -0.2) is 0 Å². The largest absolute Gasteiger partial charge is 0.383 e. The van der Waals surface area contributed by atoms with Gasteiger partial charge in [-0.1, -0.05) is 24.6 Å². The monoisotopic (exact) mass is 311 g/mol. The summed E-state index contributed by atoms with van der Waals surface area (Å²) >= 11 is 6.13. The molecular formula is C16H14ClN5. The van der Waals surface area contributed by atoms with Crippen LogP contribution in [0.2, 0.25) is 5.02 Å². The lowest BCUT2D eigenvalue weighted by atomic mass is 10.1. The highest BCUT2D eigenvalue weighted by Crippen LogP contribution is 2.34. The van der Waals surface area contributed by atoms with Crippen molar-refractivity contribution in [3.05, 3.63) is 53.4 Å². The Balaban J connectivity index is 2.00. The Morgan fingerprint density at radius 1 is 1.23 bits per heavy atom. The second-order valence-electron chi connectivity index (χ2n) is 5.38. The molecular weight excluding hydrogens is 298 g/mol. The van der Waals surface area contributed by atoms with Crippen LogP contribution in [-0.4, -0.2) is 26.3 Å². The van der Waals surface area contributed by atoms with Crippen molar-refractivity contribution in [2.24, 2.45) is 0 Å². The second-order valence-corrected chi connectivity index (χ2v) is 5.81. The van der Waals surface area contributed by atoms with Gasteiger partial charge in [-0.2, -0.15) is 0 Å². The van der Waals surface area contributed by atoms with Crippen molar-refractivity contribution in [2.45, 2.75) is 12.8 Å². The van der Waals surface area contributed by atoms with E-state index in [9.17, 15) is 0 Å². The van der Waals surface area contributed by atoms with E-state index in [-0.39, 0.29) is 5.92 Å². The zero-order valence-corrected chi connectivity index (χ0v) is 12.7. The van der Waals surface area contributed by atoms with E-state index in [4.69, 9.17) is 11.6 Å². The van der Waals surface area contributed by atoms with Gasteiger partial charge >= 0.3 is 0 Å². The van der Waals surface area contributed by atoms with Gasteiger partial charge in [-0.3, -0.25) is 9.55 Å². The number of hydrogen-bond acceptors (Lipinski definition) is 4. The molecule has 3 heterocycles. The number of hydrogen-bond donors (Lipinski definition) is 1. The van der Waals surface area contributed by atoms with Crippen LogP contribution in [0.15, 0.2) is 42.6 Å². The van der Waals surface area contributed by atoms with Crippen molar-refractivity contribution in [1.29, 1.82) is 0 Å². The SMILES string of the molecule is CC1CNc2cc(Cl)ccc2-n2c(-c3ccccn3)nnc21. The summed E-state index contributed by atoms with van der Waals surface area (Å²) in [5, 5.41) is 12.9. The molecule has 5 nitrogen and oxygen atoms in total. The summed E-state index contributed by atoms with van der Waals surface area (Å²) in [7, 11) is 0. The molecule has 1 aliphatic rings. The first-order valence-electron chi connectivity index (χ1n) is 7.14. The van der Waals surface area contributed by atoms with Crippen molar-refractivity contribution >= 4 is 17.3 Å². The molecule has 4 rings (SSSR count). The quantitative estimate of drug-likeness (QED) is 0.747. The Morgan fingerprint density at radius 2 is 2.14 bits per heavy atom. The van der Waals surface area contributed by atoms with E-state index in [2.05, 4.69) is 32.0 Å². The molecule has 22 heavy (non-hydrogen) atoms. The molecule has 3 aromatic rings. The summed E-state index contributed by atoms with van der Waals surface area (Å²) in [5.74, 6) is 1.90. The standard InChI is InChI=1S/C16H14ClN5/c1-10-9-19-13-8-11(17)5-6-14(13)22-15(10)20-21-16(22)12-4-2-3-7-18-12/h2-8,10,19H,9H2,1H3. The van der Waals surface area contributed by atoms with E-state index in [1.165, 1.54) is 0 Å². The molecule has 0 amide bonds. The summed E-state index contributed by atoms with van der Waals surface area (Å²) in [6.07, 6.45) is 1.76. The van der Waals surface area contributed by atoms with Crippen molar-refractivity contribution in [3.8, 4) is 17.2 Å². The Labute approximate surface area is 133 Å². The van der Waals surface area contributed by atoms with Crippen LogP contribution < -0.4 is 5.32 Å². The first kappa shape index (κ1) is 13.3. The zero-order valence-electron chi connectivity index (χ0n) is 12.0. The molecule has 110 valence electrons. The van der Waals surface area contributed by atoms with Crippen LogP contribution in [0.25, 0.3) is 17.2 Å². The number of nitrogens with one attached hydrogen (secondary N) is 1. The third-order valence-electron chi connectivity index (χ3n) is 3.82. The van der Waals surface area contributed by atoms with Crippen molar-refractivity contribution in [2.75, 3.05) is 11.9 Å². The lowest BCUT2D eigenvalue weighted by molar-refractivity contribution is 0.725. The topological polar surface area (TPSA) is 55.6 Å². The highest BCUT2D eigenvalue weighted by molar-refractivity contribution is 6.31. The number of pyridine rings is 1. The number of rotatable bonds is 1. The van der Waals surface area contributed by atoms with E-state index in [1.54, 1.807) is 6.20 Å². The van der Waals surface area contributed by atoms with E-state index in [0.717, 1.165) is 35.3 Å². The van der Waals surface area contributed by atoms with Crippen LogP contribution in [0.3, 0.4) is 0 Å². The summed E-state index contributed by atoms with van der Waals surface area (Å²) in [6.45, 7) is 2.91. The maximum atomic E-state index is 6.13. The van der Waals surface area contributed by atoms with Gasteiger partial charge in [0.25, 0.3) is 0 Å². The molecule has 1 aliphatic heterocycles. The highest BCUT2D eigenvalue weighted by atomic mass is 35.5. The maximum Gasteiger partial charge on any atom is 0.187 e. The molecule has 1 atom stereocenters. The minimum atomic E-state index is 0.233. The maximum absolute atomic E-state index is 6.13. The van der Waals surface area contributed by atoms with Crippen LogP contribution in [-0.2, 0) is 0 Å². The molecule has 6 heteroatoms. The molecule has 0 spiro atoms. The molecule has 1 unspecified atom stereocenters. The fourth-order valence-electron chi connectivity index (χ4n) is 2.71. The van der Waals surface area contributed by atoms with E-state index in [0.29, 0.717) is 5.02 Å². The van der Waals surface area contributed by atoms with Crippen molar-refractivity contribution in [3.63, 3.8) is 0 Å². The normalized spacial score (nSPS) is 16.4. The molecule has 2 aromatic heterocycles. The van der Waals surface area contributed by atoms with Crippen molar-refractivity contribution in [1.82, 2.24) is 19.7 Å². The average Bonchev–Trinajstić information content (AvgIpc) is 2.93. The van der Waals surface area contributed by atoms with E-state index < -0.39 is 0 Å². The zero-order chi connectivity index (χ0) is 15.1. The third-order valence-corrected chi connectivity index (χ3v) is 4.06. The lowest BCUT2D eigenvalue weighted by Gasteiger charge is -2.12. The van der Waals surface area contributed by atoms with Gasteiger partial charge in [0.05, 0.1) is 11.4 Å². The minimum Gasteiger partial charge on any atom is -0.383 e. The van der Waals surface area contributed by atoms with Gasteiger partial charge in [0.2, 0.25) is 0 Å².